The van der Waals surface area contributed by atoms with Crippen LogP contribution in [0.1, 0.15) is 12.5 Å². The normalized spacial score (nSPS) is 10.5. The second kappa shape index (κ2) is 3.77. The Balaban J connectivity index is 2.72. The van der Waals surface area contributed by atoms with Crippen LogP contribution in [0.4, 0.5) is 5.82 Å². The number of nitrogens with zero attached hydrogens (tertiary/aromatic N) is 1. The zero-order valence-corrected chi connectivity index (χ0v) is 8.95. The van der Waals surface area contributed by atoms with Crippen LogP contribution in [0.3, 0.4) is 0 Å². The average molecular weight is 202 g/mol. The maximum Gasteiger partial charge on any atom is 0.124 e. The Kier molecular flexibility index (Phi) is 2.46. The highest BCUT2D eigenvalue weighted by Crippen LogP contribution is 2.24. The fraction of sp³-hybridized carbons (Fsp3) is 0.250. The van der Waals surface area contributed by atoms with Gasteiger partial charge in [-0.05, 0) is 30.2 Å². The molecule has 3 heteroatoms. The molecule has 0 atom stereocenters. The Hall–Kier alpha value is -1.77. The number of benzene rings is 1. The number of nitrogen functional groups attached to an aromatic ring is 1. The van der Waals surface area contributed by atoms with E-state index in [2.05, 4.69) is 11.9 Å². The third-order valence-corrected chi connectivity index (χ3v) is 2.50. The van der Waals surface area contributed by atoms with Gasteiger partial charge in [0.1, 0.15) is 11.6 Å². The monoisotopic (exact) mass is 202 g/mol. The molecule has 0 aliphatic rings. The fourth-order valence-corrected chi connectivity index (χ4v) is 1.72. The summed E-state index contributed by atoms with van der Waals surface area (Å²) in [5.74, 6) is 1.37. The van der Waals surface area contributed by atoms with Crippen LogP contribution in [0.2, 0.25) is 0 Å². The van der Waals surface area contributed by atoms with Crippen molar-refractivity contribution in [1.82, 2.24) is 4.98 Å². The first-order valence-corrected chi connectivity index (χ1v) is 4.97. The van der Waals surface area contributed by atoms with Gasteiger partial charge in [-0.3, -0.25) is 0 Å². The Morgan fingerprint density at radius 3 is 2.80 bits per heavy atom. The number of hydrogen-bond donors (Lipinski definition) is 1. The standard InChI is InChI=1S/C12H14N2O/c1-3-8-6-12(13)14-11-7-9(15-2)4-5-10(8)11/h4-7H,3H2,1-2H3,(H2,13,14). The topological polar surface area (TPSA) is 48.1 Å². The molecule has 0 bridgehead atoms. The Morgan fingerprint density at radius 2 is 2.13 bits per heavy atom. The molecule has 0 saturated heterocycles. The molecule has 1 heterocycles. The van der Waals surface area contributed by atoms with Crippen LogP contribution >= 0.6 is 0 Å². The molecule has 0 saturated carbocycles. The summed E-state index contributed by atoms with van der Waals surface area (Å²) in [7, 11) is 1.65. The largest absolute Gasteiger partial charge is 0.497 e. The molecule has 2 N–H and O–H groups in total. The van der Waals surface area contributed by atoms with E-state index < -0.39 is 0 Å². The van der Waals surface area contributed by atoms with Crippen molar-refractivity contribution in [1.29, 1.82) is 0 Å². The summed E-state index contributed by atoms with van der Waals surface area (Å²) in [6.07, 6.45) is 0.954. The van der Waals surface area contributed by atoms with Crippen LogP contribution in [0.15, 0.2) is 24.3 Å². The van der Waals surface area contributed by atoms with Crippen molar-refractivity contribution < 1.29 is 4.74 Å². The second-order valence-corrected chi connectivity index (χ2v) is 3.44. The highest BCUT2D eigenvalue weighted by molar-refractivity contribution is 5.85. The van der Waals surface area contributed by atoms with Crippen LogP contribution in [-0.4, -0.2) is 12.1 Å². The van der Waals surface area contributed by atoms with Crippen molar-refractivity contribution in [2.75, 3.05) is 12.8 Å². The molecule has 0 aliphatic heterocycles. The van der Waals surface area contributed by atoms with E-state index in [1.54, 1.807) is 7.11 Å². The highest BCUT2D eigenvalue weighted by atomic mass is 16.5. The number of hydrogen-bond acceptors (Lipinski definition) is 3. The predicted molar refractivity (Wildman–Crippen MR) is 62.1 cm³/mol. The summed E-state index contributed by atoms with van der Waals surface area (Å²) in [6.45, 7) is 2.11. The zero-order valence-electron chi connectivity index (χ0n) is 8.95. The molecule has 1 aromatic carbocycles. The SMILES string of the molecule is CCc1cc(N)nc2cc(OC)ccc12. The van der Waals surface area contributed by atoms with Gasteiger partial charge in [0.2, 0.25) is 0 Å². The van der Waals surface area contributed by atoms with Crippen molar-refractivity contribution >= 4 is 16.7 Å². The molecule has 0 fully saturated rings. The van der Waals surface area contributed by atoms with E-state index >= 15 is 0 Å². The number of nitrogens with two attached hydrogens (primary N) is 1. The first kappa shape index (κ1) is 9.77. The Morgan fingerprint density at radius 1 is 1.33 bits per heavy atom. The molecule has 0 aliphatic carbocycles. The van der Waals surface area contributed by atoms with Gasteiger partial charge in [-0.1, -0.05) is 6.92 Å². The van der Waals surface area contributed by atoms with E-state index in [9.17, 15) is 0 Å². The van der Waals surface area contributed by atoms with Crippen molar-refractivity contribution in [2.45, 2.75) is 13.3 Å². The van der Waals surface area contributed by atoms with Gasteiger partial charge < -0.3 is 10.5 Å². The molecule has 3 nitrogen and oxygen atoms in total. The van der Waals surface area contributed by atoms with Gasteiger partial charge in [0.25, 0.3) is 0 Å². The fourth-order valence-electron chi connectivity index (χ4n) is 1.72. The summed E-state index contributed by atoms with van der Waals surface area (Å²) in [6, 6.07) is 7.80. The summed E-state index contributed by atoms with van der Waals surface area (Å²) in [5.41, 5.74) is 7.86. The molecule has 2 rings (SSSR count). The lowest BCUT2D eigenvalue weighted by atomic mass is 10.1. The first-order valence-electron chi connectivity index (χ1n) is 4.97. The van der Waals surface area contributed by atoms with E-state index in [1.807, 2.05) is 24.3 Å². The lowest BCUT2D eigenvalue weighted by Crippen LogP contribution is -1.95. The number of rotatable bonds is 2. The molecule has 0 radical (unpaired) electrons. The van der Waals surface area contributed by atoms with Gasteiger partial charge >= 0.3 is 0 Å². The van der Waals surface area contributed by atoms with Crippen LogP contribution in [0.25, 0.3) is 10.9 Å². The minimum atomic E-state index is 0.563. The van der Waals surface area contributed by atoms with E-state index in [1.165, 1.54) is 5.56 Å². The van der Waals surface area contributed by atoms with Crippen LogP contribution < -0.4 is 10.5 Å². The van der Waals surface area contributed by atoms with Gasteiger partial charge in [0.15, 0.2) is 0 Å². The van der Waals surface area contributed by atoms with Crippen LogP contribution in [-0.2, 0) is 6.42 Å². The molecule has 2 aromatic rings. The van der Waals surface area contributed by atoms with Crippen molar-refractivity contribution in [3.63, 3.8) is 0 Å². The lowest BCUT2D eigenvalue weighted by Gasteiger charge is -2.07. The number of ether oxygens (including phenoxy) is 1. The smallest absolute Gasteiger partial charge is 0.124 e. The maximum absolute atomic E-state index is 5.74. The highest BCUT2D eigenvalue weighted by Gasteiger charge is 2.03. The Bertz CT molecular complexity index is 494. The quantitative estimate of drug-likeness (QED) is 0.813. The first-order chi connectivity index (χ1) is 7.24. The third-order valence-electron chi connectivity index (χ3n) is 2.50. The van der Waals surface area contributed by atoms with Gasteiger partial charge in [0, 0.05) is 11.5 Å². The van der Waals surface area contributed by atoms with E-state index in [0.29, 0.717) is 5.82 Å². The van der Waals surface area contributed by atoms with E-state index in [0.717, 1.165) is 23.1 Å². The van der Waals surface area contributed by atoms with Crippen LogP contribution in [0, 0.1) is 0 Å². The average Bonchev–Trinajstić information content (AvgIpc) is 2.26. The molecule has 78 valence electrons. The lowest BCUT2D eigenvalue weighted by molar-refractivity contribution is 0.415. The molecule has 0 amide bonds. The number of anilines is 1. The minimum Gasteiger partial charge on any atom is -0.497 e. The molecule has 1 aromatic heterocycles. The summed E-state index contributed by atoms with van der Waals surface area (Å²) < 4.78 is 5.15. The van der Waals surface area contributed by atoms with Crippen molar-refractivity contribution in [3.05, 3.63) is 29.8 Å². The Labute approximate surface area is 88.9 Å². The van der Waals surface area contributed by atoms with Crippen molar-refractivity contribution in [3.8, 4) is 5.75 Å². The second-order valence-electron chi connectivity index (χ2n) is 3.44. The maximum atomic E-state index is 5.74. The van der Waals surface area contributed by atoms with Gasteiger partial charge in [0.05, 0.1) is 12.6 Å². The molecular formula is C12H14N2O. The molecule has 0 unspecified atom stereocenters. The summed E-state index contributed by atoms with van der Waals surface area (Å²) >= 11 is 0. The van der Waals surface area contributed by atoms with Gasteiger partial charge in [-0.2, -0.15) is 0 Å². The van der Waals surface area contributed by atoms with Gasteiger partial charge in [-0.25, -0.2) is 4.98 Å². The van der Waals surface area contributed by atoms with Crippen LogP contribution in [0.5, 0.6) is 5.75 Å². The molecule has 0 spiro atoms. The van der Waals surface area contributed by atoms with E-state index in [4.69, 9.17) is 10.5 Å². The number of aromatic nitrogens is 1. The zero-order chi connectivity index (χ0) is 10.8. The number of methoxy groups -OCH3 is 1. The number of aryl methyl sites for hydroxylation is 1. The molecular weight excluding hydrogens is 188 g/mol. The van der Waals surface area contributed by atoms with E-state index in [-0.39, 0.29) is 0 Å². The summed E-state index contributed by atoms with van der Waals surface area (Å²) in [5, 5.41) is 1.15. The van der Waals surface area contributed by atoms with Gasteiger partial charge in [-0.15, -0.1) is 0 Å². The number of pyridine rings is 1. The summed E-state index contributed by atoms with van der Waals surface area (Å²) in [4.78, 5) is 4.29. The number of fused-ring (bicyclic) bond motifs is 1. The minimum absolute atomic E-state index is 0.563. The predicted octanol–water partition coefficient (Wildman–Crippen LogP) is 2.39. The molecule has 15 heavy (non-hydrogen) atoms. The van der Waals surface area contributed by atoms with Crippen molar-refractivity contribution in [2.24, 2.45) is 0 Å². The third kappa shape index (κ3) is 1.73.